The van der Waals surface area contributed by atoms with Gasteiger partial charge in [0.15, 0.2) is 0 Å². The number of benzene rings is 2. The van der Waals surface area contributed by atoms with Gasteiger partial charge in [0.1, 0.15) is 18.8 Å². The van der Waals surface area contributed by atoms with Crippen molar-refractivity contribution in [2.45, 2.75) is 6.42 Å². The van der Waals surface area contributed by atoms with Crippen LogP contribution in [0.2, 0.25) is 0 Å². The van der Waals surface area contributed by atoms with E-state index >= 15 is 0 Å². The SMILES string of the molecule is COc1cccc(-c2ccc(CCNC(=O)CN3CC(=O)NC3=O)cc2)c1. The second-order valence-corrected chi connectivity index (χ2v) is 6.24. The molecule has 2 aromatic carbocycles. The van der Waals surface area contributed by atoms with Crippen molar-refractivity contribution in [3.8, 4) is 16.9 Å². The van der Waals surface area contributed by atoms with Crippen LogP contribution in [-0.2, 0) is 16.0 Å². The van der Waals surface area contributed by atoms with E-state index in [-0.39, 0.29) is 24.9 Å². The molecular weight excluding hydrogens is 346 g/mol. The van der Waals surface area contributed by atoms with Crippen LogP contribution in [0, 0.1) is 0 Å². The number of nitrogens with one attached hydrogen (secondary N) is 2. The first-order valence-corrected chi connectivity index (χ1v) is 8.64. The lowest BCUT2D eigenvalue weighted by Gasteiger charge is -2.13. The van der Waals surface area contributed by atoms with Gasteiger partial charge in [-0.05, 0) is 35.2 Å². The first-order valence-electron chi connectivity index (χ1n) is 8.64. The Morgan fingerprint density at radius 2 is 1.93 bits per heavy atom. The van der Waals surface area contributed by atoms with Crippen LogP contribution in [0.25, 0.3) is 11.1 Å². The predicted octanol–water partition coefficient (Wildman–Crippen LogP) is 1.57. The normalized spacial score (nSPS) is 13.4. The van der Waals surface area contributed by atoms with Gasteiger partial charge in [-0.3, -0.25) is 14.9 Å². The third kappa shape index (κ3) is 4.84. The third-order valence-corrected chi connectivity index (χ3v) is 4.30. The van der Waals surface area contributed by atoms with Crippen molar-refractivity contribution in [2.75, 3.05) is 26.7 Å². The number of ether oxygens (including phenoxy) is 1. The summed E-state index contributed by atoms with van der Waals surface area (Å²) in [5, 5.41) is 4.91. The van der Waals surface area contributed by atoms with E-state index in [1.807, 2.05) is 48.5 Å². The van der Waals surface area contributed by atoms with Gasteiger partial charge in [0, 0.05) is 6.54 Å². The minimum atomic E-state index is -0.525. The second-order valence-electron chi connectivity index (χ2n) is 6.24. The summed E-state index contributed by atoms with van der Waals surface area (Å²) in [5.41, 5.74) is 3.26. The Morgan fingerprint density at radius 3 is 2.59 bits per heavy atom. The quantitative estimate of drug-likeness (QED) is 0.727. The Balaban J connectivity index is 1.48. The van der Waals surface area contributed by atoms with Gasteiger partial charge in [0.2, 0.25) is 11.8 Å². The molecule has 0 unspecified atom stereocenters. The molecule has 2 aromatic rings. The fourth-order valence-electron chi connectivity index (χ4n) is 2.85. The van der Waals surface area contributed by atoms with E-state index in [1.54, 1.807) is 7.11 Å². The van der Waals surface area contributed by atoms with Gasteiger partial charge in [-0.2, -0.15) is 0 Å². The van der Waals surface area contributed by atoms with Crippen molar-refractivity contribution in [1.82, 2.24) is 15.5 Å². The van der Waals surface area contributed by atoms with Crippen LogP contribution >= 0.6 is 0 Å². The highest BCUT2D eigenvalue weighted by Crippen LogP contribution is 2.24. The molecule has 1 aliphatic heterocycles. The number of carbonyl (C=O) groups is 3. The lowest BCUT2D eigenvalue weighted by atomic mass is 10.0. The molecule has 0 saturated carbocycles. The van der Waals surface area contributed by atoms with Crippen LogP contribution in [0.3, 0.4) is 0 Å². The largest absolute Gasteiger partial charge is 0.497 e. The first kappa shape index (κ1) is 18.4. The Labute approximate surface area is 157 Å². The number of hydrogen-bond acceptors (Lipinski definition) is 4. The summed E-state index contributed by atoms with van der Waals surface area (Å²) in [5.74, 6) is 0.143. The number of nitrogens with zero attached hydrogens (tertiary/aromatic N) is 1. The number of imide groups is 1. The van der Waals surface area contributed by atoms with Crippen molar-refractivity contribution in [1.29, 1.82) is 0 Å². The number of methoxy groups -OCH3 is 1. The highest BCUT2D eigenvalue weighted by molar-refractivity contribution is 6.03. The van der Waals surface area contributed by atoms with Crippen molar-refractivity contribution in [3.63, 3.8) is 0 Å². The van der Waals surface area contributed by atoms with Gasteiger partial charge >= 0.3 is 6.03 Å². The minimum Gasteiger partial charge on any atom is -0.497 e. The summed E-state index contributed by atoms with van der Waals surface area (Å²) in [4.78, 5) is 35.6. The topological polar surface area (TPSA) is 87.7 Å². The highest BCUT2D eigenvalue weighted by atomic mass is 16.5. The molecule has 4 amide bonds. The molecule has 27 heavy (non-hydrogen) atoms. The average Bonchev–Trinajstić information content (AvgIpc) is 2.99. The van der Waals surface area contributed by atoms with E-state index in [0.717, 1.165) is 22.4 Å². The van der Waals surface area contributed by atoms with E-state index in [0.29, 0.717) is 13.0 Å². The number of rotatable bonds is 7. The Morgan fingerprint density at radius 1 is 1.15 bits per heavy atom. The summed E-state index contributed by atoms with van der Waals surface area (Å²) in [6, 6.07) is 15.4. The maximum absolute atomic E-state index is 11.9. The van der Waals surface area contributed by atoms with Gasteiger partial charge in [0.25, 0.3) is 0 Å². The fourth-order valence-corrected chi connectivity index (χ4v) is 2.85. The molecule has 140 valence electrons. The molecule has 0 atom stereocenters. The number of amides is 4. The van der Waals surface area contributed by atoms with Crippen molar-refractivity contribution in [2.24, 2.45) is 0 Å². The highest BCUT2D eigenvalue weighted by Gasteiger charge is 2.27. The predicted molar refractivity (Wildman–Crippen MR) is 100 cm³/mol. The van der Waals surface area contributed by atoms with Crippen LogP contribution < -0.4 is 15.4 Å². The maximum atomic E-state index is 11.9. The molecule has 7 heteroatoms. The van der Waals surface area contributed by atoms with Gasteiger partial charge in [-0.15, -0.1) is 0 Å². The third-order valence-electron chi connectivity index (χ3n) is 4.30. The van der Waals surface area contributed by atoms with E-state index in [2.05, 4.69) is 10.6 Å². The molecule has 0 spiro atoms. The first-order chi connectivity index (χ1) is 13.0. The van der Waals surface area contributed by atoms with Crippen molar-refractivity contribution >= 4 is 17.8 Å². The Kier molecular flexibility index (Phi) is 5.71. The molecule has 0 radical (unpaired) electrons. The average molecular weight is 367 g/mol. The lowest BCUT2D eigenvalue weighted by molar-refractivity contribution is -0.121. The van der Waals surface area contributed by atoms with Gasteiger partial charge in [-0.1, -0.05) is 36.4 Å². The van der Waals surface area contributed by atoms with Gasteiger partial charge in [-0.25, -0.2) is 4.79 Å². The molecular formula is C20H21N3O4. The van der Waals surface area contributed by atoms with Crippen LogP contribution in [-0.4, -0.2) is 49.5 Å². The Hall–Kier alpha value is -3.35. The van der Waals surface area contributed by atoms with E-state index < -0.39 is 6.03 Å². The fraction of sp³-hybridized carbons (Fsp3) is 0.250. The summed E-state index contributed by atoms with van der Waals surface area (Å²) in [6.45, 7) is 0.269. The number of hydrogen-bond donors (Lipinski definition) is 2. The van der Waals surface area contributed by atoms with E-state index in [9.17, 15) is 14.4 Å². The zero-order chi connectivity index (χ0) is 19.2. The van der Waals surface area contributed by atoms with Crippen molar-refractivity contribution < 1.29 is 19.1 Å². The minimum absolute atomic E-state index is 0.0714. The zero-order valence-corrected chi connectivity index (χ0v) is 15.0. The molecule has 0 aromatic heterocycles. The van der Waals surface area contributed by atoms with Crippen LogP contribution in [0.15, 0.2) is 48.5 Å². The smallest absolute Gasteiger partial charge is 0.325 e. The van der Waals surface area contributed by atoms with Crippen molar-refractivity contribution in [3.05, 3.63) is 54.1 Å². The van der Waals surface area contributed by atoms with Crippen LogP contribution in [0.1, 0.15) is 5.56 Å². The number of urea groups is 1. The summed E-state index contributed by atoms with van der Waals surface area (Å²) in [7, 11) is 1.64. The Bertz CT molecular complexity index is 849. The maximum Gasteiger partial charge on any atom is 0.325 e. The summed E-state index contributed by atoms with van der Waals surface area (Å²) in [6.07, 6.45) is 0.676. The second kappa shape index (κ2) is 8.35. The number of carbonyl (C=O) groups excluding carboxylic acids is 3. The monoisotopic (exact) mass is 367 g/mol. The molecule has 1 fully saturated rings. The van der Waals surface area contributed by atoms with Crippen LogP contribution in [0.5, 0.6) is 5.75 Å². The molecule has 7 nitrogen and oxygen atoms in total. The standard InChI is InChI=1S/C20H21N3O4/c1-27-17-4-2-3-16(11-17)15-7-5-14(6-8-15)9-10-21-18(24)12-23-13-19(25)22-20(23)26/h2-8,11H,9-10,12-13H2,1H3,(H,21,24)(H,22,25,26). The van der Waals surface area contributed by atoms with E-state index in [4.69, 9.17) is 4.74 Å². The summed E-state index contributed by atoms with van der Waals surface area (Å²) < 4.78 is 5.25. The molecule has 1 heterocycles. The van der Waals surface area contributed by atoms with Crippen LogP contribution in [0.4, 0.5) is 4.79 Å². The van der Waals surface area contributed by atoms with E-state index in [1.165, 1.54) is 4.90 Å². The molecule has 2 N–H and O–H groups in total. The molecule has 0 bridgehead atoms. The van der Waals surface area contributed by atoms with Gasteiger partial charge in [0.05, 0.1) is 7.11 Å². The lowest BCUT2D eigenvalue weighted by Crippen LogP contribution is -2.39. The molecule has 1 saturated heterocycles. The molecule has 0 aliphatic carbocycles. The van der Waals surface area contributed by atoms with Gasteiger partial charge < -0.3 is 15.0 Å². The summed E-state index contributed by atoms with van der Waals surface area (Å²) >= 11 is 0. The molecule has 1 aliphatic rings. The zero-order valence-electron chi connectivity index (χ0n) is 15.0. The molecule has 3 rings (SSSR count).